The van der Waals surface area contributed by atoms with E-state index in [9.17, 15) is 5.11 Å². The van der Waals surface area contributed by atoms with Crippen LogP contribution in [0.1, 0.15) is 38.4 Å². The number of unbranched alkanes of at least 4 members (excludes halogenated alkanes) is 1. The number of aromatic nitrogens is 1. The molecule has 0 fully saturated rings. The normalized spacial score (nSPS) is 12.2. The van der Waals surface area contributed by atoms with E-state index in [2.05, 4.69) is 28.9 Å². The molecule has 3 heteroatoms. The van der Waals surface area contributed by atoms with Crippen LogP contribution in [-0.2, 0) is 0 Å². The molecule has 0 aliphatic rings. The van der Waals surface area contributed by atoms with Crippen molar-refractivity contribution in [1.29, 1.82) is 0 Å². The zero-order valence-corrected chi connectivity index (χ0v) is 12.2. The second-order valence-electron chi connectivity index (χ2n) is 4.97. The minimum atomic E-state index is -0.475. The number of para-hydroxylation sites is 1. The molecule has 1 atom stereocenters. The van der Waals surface area contributed by atoms with Crippen molar-refractivity contribution in [2.45, 2.75) is 32.8 Å². The topological polar surface area (TPSA) is 36.4 Å². The van der Waals surface area contributed by atoms with Crippen LogP contribution in [0.15, 0.2) is 48.7 Å². The number of hydrogen-bond acceptors (Lipinski definition) is 3. The maximum atomic E-state index is 9.56. The van der Waals surface area contributed by atoms with Crippen molar-refractivity contribution in [3.8, 4) is 0 Å². The quantitative estimate of drug-likeness (QED) is 0.859. The van der Waals surface area contributed by atoms with E-state index in [-0.39, 0.29) is 0 Å². The zero-order valence-electron chi connectivity index (χ0n) is 12.2. The first-order valence-electron chi connectivity index (χ1n) is 7.19. The number of pyridine rings is 1. The summed E-state index contributed by atoms with van der Waals surface area (Å²) in [6.45, 7) is 4.89. The highest BCUT2D eigenvalue weighted by molar-refractivity contribution is 5.59. The van der Waals surface area contributed by atoms with Crippen molar-refractivity contribution >= 4 is 11.5 Å². The lowest BCUT2D eigenvalue weighted by atomic mass is 10.2. The van der Waals surface area contributed by atoms with E-state index < -0.39 is 6.10 Å². The lowest BCUT2D eigenvalue weighted by molar-refractivity contribution is 0.199. The van der Waals surface area contributed by atoms with Gasteiger partial charge in [0, 0.05) is 18.4 Å². The molecule has 0 spiro atoms. The van der Waals surface area contributed by atoms with Gasteiger partial charge in [-0.2, -0.15) is 0 Å². The molecule has 1 aromatic heterocycles. The number of aliphatic hydroxyl groups is 1. The summed E-state index contributed by atoms with van der Waals surface area (Å²) in [5.74, 6) is 0.925. The molecule has 0 saturated carbocycles. The van der Waals surface area contributed by atoms with E-state index in [0.29, 0.717) is 0 Å². The van der Waals surface area contributed by atoms with Crippen LogP contribution in [0.25, 0.3) is 0 Å². The molecular formula is C17H22N2O. The van der Waals surface area contributed by atoms with Crippen LogP contribution < -0.4 is 4.90 Å². The van der Waals surface area contributed by atoms with Crippen molar-refractivity contribution in [2.24, 2.45) is 0 Å². The van der Waals surface area contributed by atoms with Gasteiger partial charge in [-0.05, 0) is 37.1 Å². The average Bonchev–Trinajstić information content (AvgIpc) is 2.49. The highest BCUT2D eigenvalue weighted by Crippen LogP contribution is 2.24. The second kappa shape index (κ2) is 7.06. The monoisotopic (exact) mass is 270 g/mol. The van der Waals surface area contributed by atoms with Crippen LogP contribution in [0.2, 0.25) is 0 Å². The number of hydrogen-bond donors (Lipinski definition) is 1. The van der Waals surface area contributed by atoms with Gasteiger partial charge < -0.3 is 10.0 Å². The molecule has 0 unspecified atom stereocenters. The third-order valence-electron chi connectivity index (χ3n) is 3.33. The van der Waals surface area contributed by atoms with E-state index in [1.807, 2.05) is 30.3 Å². The minimum Gasteiger partial charge on any atom is -0.389 e. The summed E-state index contributed by atoms with van der Waals surface area (Å²) in [5, 5.41) is 9.56. The summed E-state index contributed by atoms with van der Waals surface area (Å²) in [6, 6.07) is 14.2. The summed E-state index contributed by atoms with van der Waals surface area (Å²) >= 11 is 0. The van der Waals surface area contributed by atoms with Gasteiger partial charge in [0.15, 0.2) is 0 Å². The fourth-order valence-corrected chi connectivity index (χ4v) is 2.10. The van der Waals surface area contributed by atoms with Crippen LogP contribution in [0.3, 0.4) is 0 Å². The highest BCUT2D eigenvalue weighted by atomic mass is 16.3. The molecule has 0 saturated heterocycles. The third-order valence-corrected chi connectivity index (χ3v) is 3.33. The molecule has 0 amide bonds. The van der Waals surface area contributed by atoms with Crippen LogP contribution >= 0.6 is 0 Å². The first-order valence-corrected chi connectivity index (χ1v) is 7.19. The average molecular weight is 270 g/mol. The van der Waals surface area contributed by atoms with Crippen molar-refractivity contribution in [3.05, 3.63) is 54.2 Å². The molecule has 0 aliphatic heterocycles. The summed E-state index contributed by atoms with van der Waals surface area (Å²) in [4.78, 5) is 6.71. The van der Waals surface area contributed by atoms with Gasteiger partial charge in [-0.1, -0.05) is 37.6 Å². The maximum Gasteiger partial charge on any atom is 0.132 e. The molecule has 0 bridgehead atoms. The van der Waals surface area contributed by atoms with E-state index in [1.165, 1.54) is 0 Å². The summed E-state index contributed by atoms with van der Waals surface area (Å²) in [7, 11) is 0. The van der Waals surface area contributed by atoms with Crippen molar-refractivity contribution in [1.82, 2.24) is 4.98 Å². The fourth-order valence-electron chi connectivity index (χ4n) is 2.10. The first kappa shape index (κ1) is 14.5. The smallest absolute Gasteiger partial charge is 0.132 e. The Morgan fingerprint density at radius 2 is 1.90 bits per heavy atom. The van der Waals surface area contributed by atoms with Crippen LogP contribution in [0.4, 0.5) is 11.5 Å². The van der Waals surface area contributed by atoms with Gasteiger partial charge in [0.1, 0.15) is 5.82 Å². The lowest BCUT2D eigenvalue weighted by Gasteiger charge is -2.24. The van der Waals surface area contributed by atoms with Gasteiger partial charge in [-0.15, -0.1) is 0 Å². The number of nitrogens with zero attached hydrogens (tertiary/aromatic N) is 2. The second-order valence-corrected chi connectivity index (χ2v) is 4.97. The van der Waals surface area contributed by atoms with Crippen molar-refractivity contribution in [3.63, 3.8) is 0 Å². The van der Waals surface area contributed by atoms with Crippen LogP contribution in [0.5, 0.6) is 0 Å². The molecule has 20 heavy (non-hydrogen) atoms. The Balaban J connectivity index is 2.26. The van der Waals surface area contributed by atoms with Gasteiger partial charge in [-0.25, -0.2) is 4.98 Å². The number of anilines is 2. The van der Waals surface area contributed by atoms with E-state index >= 15 is 0 Å². The molecule has 2 aromatic rings. The number of benzene rings is 1. The molecule has 2 rings (SSSR count). The Morgan fingerprint density at radius 3 is 2.45 bits per heavy atom. The molecule has 3 nitrogen and oxygen atoms in total. The number of rotatable bonds is 6. The van der Waals surface area contributed by atoms with E-state index in [4.69, 9.17) is 0 Å². The van der Waals surface area contributed by atoms with E-state index in [1.54, 1.807) is 13.1 Å². The Kier molecular flexibility index (Phi) is 5.13. The summed E-state index contributed by atoms with van der Waals surface area (Å²) < 4.78 is 0. The molecule has 1 aromatic carbocycles. The first-order chi connectivity index (χ1) is 9.72. The molecule has 1 heterocycles. The Labute approximate surface area is 120 Å². The van der Waals surface area contributed by atoms with Crippen molar-refractivity contribution in [2.75, 3.05) is 11.4 Å². The largest absolute Gasteiger partial charge is 0.389 e. The standard InChI is InChI=1S/C17H22N2O/c1-3-4-12-19(16-8-6-5-7-9-16)17-11-10-15(13-18-17)14(2)20/h5-11,13-14,20H,3-4,12H2,1-2H3/t14-/m1/s1. The van der Waals surface area contributed by atoms with Gasteiger partial charge in [-0.3, -0.25) is 0 Å². The lowest BCUT2D eigenvalue weighted by Crippen LogP contribution is -2.19. The summed E-state index contributed by atoms with van der Waals surface area (Å²) in [5.41, 5.74) is 2.00. The minimum absolute atomic E-state index is 0.475. The van der Waals surface area contributed by atoms with Crippen LogP contribution in [-0.4, -0.2) is 16.6 Å². The third kappa shape index (κ3) is 3.58. The fraction of sp³-hybridized carbons (Fsp3) is 0.353. The molecule has 0 radical (unpaired) electrons. The maximum absolute atomic E-state index is 9.56. The summed E-state index contributed by atoms with van der Waals surface area (Å²) in [6.07, 6.45) is 3.54. The Bertz CT molecular complexity index is 508. The van der Waals surface area contributed by atoms with Gasteiger partial charge in [0.2, 0.25) is 0 Å². The molecular weight excluding hydrogens is 248 g/mol. The number of aliphatic hydroxyl groups excluding tert-OH is 1. The molecule has 0 aliphatic carbocycles. The van der Waals surface area contributed by atoms with Gasteiger partial charge in [0.05, 0.1) is 6.10 Å². The van der Waals surface area contributed by atoms with Gasteiger partial charge in [0.25, 0.3) is 0 Å². The van der Waals surface area contributed by atoms with Gasteiger partial charge >= 0.3 is 0 Å². The molecule has 1 N–H and O–H groups in total. The van der Waals surface area contributed by atoms with Crippen molar-refractivity contribution < 1.29 is 5.11 Å². The van der Waals surface area contributed by atoms with Crippen LogP contribution in [0, 0.1) is 0 Å². The SMILES string of the molecule is CCCCN(c1ccccc1)c1ccc([C@@H](C)O)cn1. The zero-order chi connectivity index (χ0) is 14.4. The predicted octanol–water partition coefficient (Wildman–Crippen LogP) is 4.07. The Hall–Kier alpha value is -1.87. The predicted molar refractivity (Wildman–Crippen MR) is 83.2 cm³/mol. The Morgan fingerprint density at radius 1 is 1.15 bits per heavy atom. The van der Waals surface area contributed by atoms with E-state index in [0.717, 1.165) is 36.5 Å². The molecule has 106 valence electrons. The highest BCUT2D eigenvalue weighted by Gasteiger charge is 2.10.